The fourth-order valence-corrected chi connectivity index (χ4v) is 2.54. The molecule has 0 atom stereocenters. The minimum absolute atomic E-state index is 0.192. The van der Waals surface area contributed by atoms with E-state index in [1.165, 1.54) is 0 Å². The molecule has 1 heterocycles. The summed E-state index contributed by atoms with van der Waals surface area (Å²) in [5.74, 6) is -1.43. The van der Waals surface area contributed by atoms with Crippen molar-refractivity contribution < 1.29 is 14.3 Å². The van der Waals surface area contributed by atoms with Gasteiger partial charge < -0.3 is 9.30 Å². The summed E-state index contributed by atoms with van der Waals surface area (Å²) in [4.78, 5) is 23.5. The molecule has 18 heavy (non-hydrogen) atoms. The molecule has 0 saturated heterocycles. The average Bonchev–Trinajstić information content (AvgIpc) is 2.65. The van der Waals surface area contributed by atoms with Crippen LogP contribution in [0, 0.1) is 0 Å². The van der Waals surface area contributed by atoms with Gasteiger partial charge >= 0.3 is 5.97 Å². The second kappa shape index (κ2) is 4.94. The van der Waals surface area contributed by atoms with Gasteiger partial charge in [0.05, 0.1) is 17.7 Å². The van der Waals surface area contributed by atoms with E-state index in [4.69, 9.17) is 4.74 Å². The molecule has 0 spiro atoms. The molecule has 0 aliphatic carbocycles. The Kier molecular flexibility index (Phi) is 3.52. The molecule has 4 nitrogen and oxygen atoms in total. The van der Waals surface area contributed by atoms with E-state index in [1.54, 1.807) is 19.1 Å². The lowest BCUT2D eigenvalue weighted by atomic mass is 10.1. The molecular weight excluding hydrogens is 298 g/mol. The molecule has 0 amide bonds. The fraction of sp³-hybridized carbons (Fsp3) is 0.231. The van der Waals surface area contributed by atoms with Gasteiger partial charge in [-0.05, 0) is 28.9 Å². The third-order valence-electron chi connectivity index (χ3n) is 2.66. The lowest BCUT2D eigenvalue weighted by Gasteiger charge is -2.04. The van der Waals surface area contributed by atoms with Crippen LogP contribution < -0.4 is 0 Å². The molecule has 5 heteroatoms. The van der Waals surface area contributed by atoms with Gasteiger partial charge in [0.25, 0.3) is 5.78 Å². The zero-order chi connectivity index (χ0) is 13.3. The van der Waals surface area contributed by atoms with Crippen molar-refractivity contribution in [1.29, 1.82) is 0 Å². The summed E-state index contributed by atoms with van der Waals surface area (Å²) in [6.07, 6.45) is 1.85. The molecule has 0 saturated carbocycles. The van der Waals surface area contributed by atoms with E-state index in [-0.39, 0.29) is 6.61 Å². The molecule has 1 aromatic carbocycles. The van der Waals surface area contributed by atoms with Gasteiger partial charge in [0.2, 0.25) is 0 Å². The first-order valence-corrected chi connectivity index (χ1v) is 6.30. The maximum absolute atomic E-state index is 12.0. The van der Waals surface area contributed by atoms with Crippen LogP contribution in [-0.4, -0.2) is 22.9 Å². The minimum atomic E-state index is -0.817. The minimum Gasteiger partial charge on any atom is -0.460 e. The molecule has 0 unspecified atom stereocenters. The number of benzene rings is 1. The summed E-state index contributed by atoms with van der Waals surface area (Å²) in [5, 5.41) is 0.896. The van der Waals surface area contributed by atoms with E-state index in [2.05, 4.69) is 15.9 Å². The average molecular weight is 310 g/mol. The zero-order valence-corrected chi connectivity index (χ0v) is 11.7. The van der Waals surface area contributed by atoms with Crippen molar-refractivity contribution in [2.75, 3.05) is 6.61 Å². The van der Waals surface area contributed by atoms with Gasteiger partial charge in [-0.25, -0.2) is 4.79 Å². The van der Waals surface area contributed by atoms with Crippen LogP contribution >= 0.6 is 15.9 Å². The Labute approximate surface area is 113 Å². The number of aromatic nitrogens is 1. The van der Waals surface area contributed by atoms with E-state index in [0.29, 0.717) is 5.56 Å². The van der Waals surface area contributed by atoms with Gasteiger partial charge in [-0.15, -0.1) is 0 Å². The number of para-hydroxylation sites is 1. The third kappa shape index (κ3) is 2.06. The molecule has 2 rings (SSSR count). The molecule has 0 aliphatic rings. The lowest BCUT2D eigenvalue weighted by Crippen LogP contribution is -2.18. The zero-order valence-electron chi connectivity index (χ0n) is 10.1. The van der Waals surface area contributed by atoms with Crippen LogP contribution in [0.1, 0.15) is 17.3 Å². The van der Waals surface area contributed by atoms with Crippen LogP contribution in [0.5, 0.6) is 0 Å². The Morgan fingerprint density at radius 2 is 2.11 bits per heavy atom. The van der Waals surface area contributed by atoms with Crippen LogP contribution in [0.15, 0.2) is 28.9 Å². The number of ether oxygens (including phenoxy) is 1. The lowest BCUT2D eigenvalue weighted by molar-refractivity contribution is -0.137. The summed E-state index contributed by atoms with van der Waals surface area (Å²) in [5.41, 5.74) is 1.08. The van der Waals surface area contributed by atoms with Gasteiger partial charge in [0.15, 0.2) is 0 Å². The van der Waals surface area contributed by atoms with Crippen LogP contribution in [0.2, 0.25) is 0 Å². The number of hydrogen-bond acceptors (Lipinski definition) is 3. The monoisotopic (exact) mass is 309 g/mol. The van der Waals surface area contributed by atoms with Crippen LogP contribution in [0.3, 0.4) is 0 Å². The number of carbonyl (C=O) groups excluding carboxylic acids is 2. The molecule has 94 valence electrons. The standard InChI is InChI=1S/C13H12BrNO3/c1-3-18-13(17)12(16)9-6-4-5-8-10(14)7-15(2)11(8)9/h4-7H,3H2,1-2H3. The Morgan fingerprint density at radius 1 is 1.39 bits per heavy atom. The van der Waals surface area contributed by atoms with Crippen LogP contribution in [-0.2, 0) is 16.6 Å². The van der Waals surface area contributed by atoms with E-state index < -0.39 is 11.8 Å². The topological polar surface area (TPSA) is 48.3 Å². The first-order chi connectivity index (χ1) is 8.56. The number of aryl methyl sites for hydroxylation is 1. The second-order valence-electron chi connectivity index (χ2n) is 3.84. The van der Waals surface area contributed by atoms with Gasteiger partial charge in [-0.2, -0.15) is 0 Å². The summed E-state index contributed by atoms with van der Waals surface area (Å²) >= 11 is 3.42. The number of fused-ring (bicyclic) bond motifs is 1. The molecular formula is C13H12BrNO3. The number of nitrogens with zero attached hydrogens (tertiary/aromatic N) is 1. The predicted octanol–water partition coefficient (Wildman–Crippen LogP) is 2.69. The van der Waals surface area contributed by atoms with Crippen molar-refractivity contribution in [2.45, 2.75) is 6.92 Å². The molecule has 1 aromatic heterocycles. The Balaban J connectivity index is 2.58. The highest BCUT2D eigenvalue weighted by Crippen LogP contribution is 2.28. The van der Waals surface area contributed by atoms with Crippen molar-refractivity contribution in [1.82, 2.24) is 4.57 Å². The maximum atomic E-state index is 12.0. The Morgan fingerprint density at radius 3 is 2.78 bits per heavy atom. The van der Waals surface area contributed by atoms with E-state index in [0.717, 1.165) is 15.4 Å². The van der Waals surface area contributed by atoms with Crippen molar-refractivity contribution in [3.63, 3.8) is 0 Å². The summed E-state index contributed by atoms with van der Waals surface area (Å²) < 4.78 is 7.44. The number of ketones is 1. The number of rotatable bonds is 3. The van der Waals surface area contributed by atoms with E-state index in [9.17, 15) is 9.59 Å². The van der Waals surface area contributed by atoms with Gasteiger partial charge in [0, 0.05) is 23.1 Å². The highest BCUT2D eigenvalue weighted by molar-refractivity contribution is 9.10. The quantitative estimate of drug-likeness (QED) is 0.497. The number of hydrogen-bond donors (Lipinski definition) is 0. The number of esters is 1. The Hall–Kier alpha value is -1.62. The first-order valence-electron chi connectivity index (χ1n) is 5.51. The molecule has 0 radical (unpaired) electrons. The van der Waals surface area contributed by atoms with Crippen molar-refractivity contribution >= 4 is 38.6 Å². The van der Waals surface area contributed by atoms with Crippen molar-refractivity contribution in [3.05, 3.63) is 34.4 Å². The smallest absolute Gasteiger partial charge is 0.379 e. The van der Waals surface area contributed by atoms with Gasteiger partial charge in [-0.3, -0.25) is 4.79 Å². The molecule has 0 N–H and O–H groups in total. The van der Waals surface area contributed by atoms with Gasteiger partial charge in [-0.1, -0.05) is 12.1 Å². The van der Waals surface area contributed by atoms with E-state index in [1.807, 2.05) is 23.9 Å². The van der Waals surface area contributed by atoms with Crippen molar-refractivity contribution in [2.24, 2.45) is 7.05 Å². The van der Waals surface area contributed by atoms with Crippen LogP contribution in [0.25, 0.3) is 10.9 Å². The SMILES string of the molecule is CCOC(=O)C(=O)c1cccc2c(Br)cn(C)c12. The largest absolute Gasteiger partial charge is 0.460 e. The summed E-state index contributed by atoms with van der Waals surface area (Å²) in [6.45, 7) is 1.86. The normalized spacial score (nSPS) is 10.6. The number of Topliss-reactive ketones (excluding diaryl/α,β-unsaturated/α-hetero) is 1. The predicted molar refractivity (Wildman–Crippen MR) is 71.6 cm³/mol. The highest BCUT2D eigenvalue weighted by atomic mass is 79.9. The molecule has 0 fully saturated rings. The van der Waals surface area contributed by atoms with Crippen LogP contribution in [0.4, 0.5) is 0 Å². The third-order valence-corrected chi connectivity index (χ3v) is 3.29. The van der Waals surface area contributed by atoms with Gasteiger partial charge in [0.1, 0.15) is 0 Å². The fourth-order valence-electron chi connectivity index (χ4n) is 1.91. The Bertz CT molecular complexity index is 630. The highest BCUT2D eigenvalue weighted by Gasteiger charge is 2.21. The summed E-state index contributed by atoms with van der Waals surface area (Å²) in [6, 6.07) is 5.27. The maximum Gasteiger partial charge on any atom is 0.379 e. The molecule has 0 aliphatic heterocycles. The molecule has 2 aromatic rings. The second-order valence-corrected chi connectivity index (χ2v) is 4.69. The van der Waals surface area contributed by atoms with E-state index >= 15 is 0 Å². The first kappa shape index (κ1) is 12.8. The number of carbonyl (C=O) groups is 2. The number of halogens is 1. The summed E-state index contributed by atoms with van der Waals surface area (Å²) in [7, 11) is 1.83. The molecule has 0 bridgehead atoms. The van der Waals surface area contributed by atoms with Crippen molar-refractivity contribution in [3.8, 4) is 0 Å².